The van der Waals surface area contributed by atoms with Crippen LogP contribution < -0.4 is 4.90 Å². The summed E-state index contributed by atoms with van der Waals surface area (Å²) in [5, 5.41) is 8.83. The molecule has 1 amide bonds. The van der Waals surface area contributed by atoms with Crippen molar-refractivity contribution in [1.82, 2.24) is 0 Å². The van der Waals surface area contributed by atoms with Crippen molar-refractivity contribution < 1.29 is 14.6 Å². The molecule has 98 valence electrons. The fraction of sp³-hybridized carbons (Fsp3) is 0.500. The highest BCUT2D eigenvalue weighted by Gasteiger charge is 2.26. The molecule has 1 atom stereocenters. The van der Waals surface area contributed by atoms with Crippen LogP contribution in [0.25, 0.3) is 0 Å². The van der Waals surface area contributed by atoms with Gasteiger partial charge in [-0.2, -0.15) is 0 Å². The van der Waals surface area contributed by atoms with Crippen LogP contribution in [0.4, 0.5) is 5.69 Å². The first kappa shape index (κ1) is 13.1. The molecular formula is C14H19NO3. The zero-order chi connectivity index (χ0) is 13.0. The predicted octanol–water partition coefficient (Wildman–Crippen LogP) is 1.50. The minimum atomic E-state index is 0.000786. The molecule has 1 aromatic carbocycles. The van der Waals surface area contributed by atoms with Crippen LogP contribution in [0, 0.1) is 6.92 Å². The van der Waals surface area contributed by atoms with Crippen molar-refractivity contribution in [2.24, 2.45) is 0 Å². The fourth-order valence-electron chi connectivity index (χ4n) is 2.16. The zero-order valence-electron chi connectivity index (χ0n) is 10.6. The van der Waals surface area contributed by atoms with E-state index in [2.05, 4.69) is 0 Å². The molecule has 0 bridgehead atoms. The van der Waals surface area contributed by atoms with Gasteiger partial charge >= 0.3 is 0 Å². The van der Waals surface area contributed by atoms with Gasteiger partial charge in [0.2, 0.25) is 0 Å². The van der Waals surface area contributed by atoms with Crippen molar-refractivity contribution >= 4 is 11.6 Å². The summed E-state index contributed by atoms with van der Waals surface area (Å²) in [5.74, 6) is 0.000786. The van der Waals surface area contributed by atoms with E-state index in [0.29, 0.717) is 13.0 Å². The number of aliphatic hydroxyl groups excluding tert-OH is 1. The van der Waals surface area contributed by atoms with E-state index in [-0.39, 0.29) is 25.2 Å². The monoisotopic (exact) mass is 249 g/mol. The number of hydrogen-bond donors (Lipinski definition) is 1. The van der Waals surface area contributed by atoms with E-state index in [1.54, 1.807) is 4.90 Å². The van der Waals surface area contributed by atoms with Crippen LogP contribution in [0.3, 0.4) is 0 Å². The standard InChI is InChI=1S/C14H19NO3/c1-11-4-2-5-12(8-11)15-9-13(6-3-7-16)18-10-14(15)17/h2,4-5,8,13,16H,3,6-7,9-10H2,1H3. The van der Waals surface area contributed by atoms with Gasteiger partial charge in [0.25, 0.3) is 5.91 Å². The van der Waals surface area contributed by atoms with Gasteiger partial charge in [-0.15, -0.1) is 0 Å². The number of nitrogens with zero attached hydrogens (tertiary/aromatic N) is 1. The highest BCUT2D eigenvalue weighted by atomic mass is 16.5. The van der Waals surface area contributed by atoms with Gasteiger partial charge in [-0.25, -0.2) is 0 Å². The average Bonchev–Trinajstić information content (AvgIpc) is 2.38. The van der Waals surface area contributed by atoms with Crippen LogP contribution in [-0.2, 0) is 9.53 Å². The van der Waals surface area contributed by atoms with Crippen molar-refractivity contribution in [2.75, 3.05) is 24.7 Å². The van der Waals surface area contributed by atoms with Crippen molar-refractivity contribution in [3.8, 4) is 0 Å². The summed E-state index contributed by atoms with van der Waals surface area (Å²) in [4.78, 5) is 13.7. The molecule has 2 rings (SSSR count). The van der Waals surface area contributed by atoms with Crippen LogP contribution in [-0.4, -0.2) is 36.9 Å². The molecule has 4 nitrogen and oxygen atoms in total. The molecule has 1 aliphatic rings. The number of amides is 1. The van der Waals surface area contributed by atoms with Gasteiger partial charge in [-0.05, 0) is 37.5 Å². The molecule has 1 aliphatic heterocycles. The molecule has 0 saturated carbocycles. The van der Waals surface area contributed by atoms with E-state index in [4.69, 9.17) is 9.84 Å². The first-order chi connectivity index (χ1) is 8.70. The molecule has 0 spiro atoms. The maximum atomic E-state index is 11.9. The second-order valence-corrected chi connectivity index (χ2v) is 4.64. The van der Waals surface area contributed by atoms with Gasteiger partial charge in [-0.1, -0.05) is 12.1 Å². The number of benzene rings is 1. The lowest BCUT2D eigenvalue weighted by atomic mass is 10.1. The number of rotatable bonds is 4. The Bertz CT molecular complexity index is 419. The van der Waals surface area contributed by atoms with Crippen molar-refractivity contribution in [3.05, 3.63) is 29.8 Å². The maximum absolute atomic E-state index is 11.9. The number of carbonyl (C=O) groups excluding carboxylic acids is 1. The minimum absolute atomic E-state index is 0.000786. The molecule has 18 heavy (non-hydrogen) atoms. The lowest BCUT2D eigenvalue weighted by molar-refractivity contribution is -0.129. The van der Waals surface area contributed by atoms with Crippen LogP contribution in [0.1, 0.15) is 18.4 Å². The molecule has 1 heterocycles. The molecule has 4 heteroatoms. The summed E-state index contributed by atoms with van der Waals surface area (Å²) in [6.45, 7) is 2.88. The van der Waals surface area contributed by atoms with Crippen molar-refractivity contribution in [2.45, 2.75) is 25.9 Å². The molecule has 1 N–H and O–H groups in total. The number of morpholine rings is 1. The number of ether oxygens (including phenoxy) is 1. The molecule has 0 aromatic heterocycles. The lowest BCUT2D eigenvalue weighted by Gasteiger charge is -2.33. The third-order valence-corrected chi connectivity index (χ3v) is 3.13. The van der Waals surface area contributed by atoms with Crippen LogP contribution in [0.15, 0.2) is 24.3 Å². The van der Waals surface area contributed by atoms with Crippen LogP contribution in [0.5, 0.6) is 0 Å². The Morgan fingerprint density at radius 3 is 3.06 bits per heavy atom. The first-order valence-electron chi connectivity index (χ1n) is 6.30. The molecule has 1 aromatic rings. The van der Waals surface area contributed by atoms with E-state index < -0.39 is 0 Å². The smallest absolute Gasteiger partial charge is 0.253 e. The Morgan fingerprint density at radius 1 is 1.50 bits per heavy atom. The Hall–Kier alpha value is -1.39. The Balaban J connectivity index is 2.08. The Kier molecular flexibility index (Phi) is 4.33. The van der Waals surface area contributed by atoms with Gasteiger partial charge < -0.3 is 14.7 Å². The zero-order valence-corrected chi connectivity index (χ0v) is 10.6. The molecule has 1 fully saturated rings. The lowest BCUT2D eigenvalue weighted by Crippen LogP contribution is -2.46. The quantitative estimate of drug-likeness (QED) is 0.879. The summed E-state index contributed by atoms with van der Waals surface area (Å²) in [5.41, 5.74) is 2.07. The highest BCUT2D eigenvalue weighted by molar-refractivity contribution is 5.95. The van der Waals surface area contributed by atoms with E-state index in [0.717, 1.165) is 17.7 Å². The minimum Gasteiger partial charge on any atom is -0.396 e. The van der Waals surface area contributed by atoms with E-state index in [1.807, 2.05) is 31.2 Å². The Labute approximate surface area is 107 Å². The Morgan fingerprint density at radius 2 is 2.33 bits per heavy atom. The van der Waals surface area contributed by atoms with Crippen LogP contribution in [0.2, 0.25) is 0 Å². The summed E-state index contributed by atoms with van der Waals surface area (Å²) in [6.07, 6.45) is 1.52. The summed E-state index contributed by atoms with van der Waals surface area (Å²) in [6, 6.07) is 7.92. The number of aryl methyl sites for hydroxylation is 1. The predicted molar refractivity (Wildman–Crippen MR) is 69.6 cm³/mol. The average molecular weight is 249 g/mol. The van der Waals surface area contributed by atoms with E-state index in [9.17, 15) is 4.79 Å². The first-order valence-corrected chi connectivity index (χ1v) is 6.30. The molecule has 0 radical (unpaired) electrons. The fourth-order valence-corrected chi connectivity index (χ4v) is 2.16. The van der Waals surface area contributed by atoms with Crippen LogP contribution >= 0.6 is 0 Å². The van der Waals surface area contributed by atoms with Gasteiger partial charge in [0.15, 0.2) is 0 Å². The largest absolute Gasteiger partial charge is 0.396 e. The molecular weight excluding hydrogens is 230 g/mol. The van der Waals surface area contributed by atoms with Gasteiger partial charge in [0, 0.05) is 12.3 Å². The maximum Gasteiger partial charge on any atom is 0.253 e. The topological polar surface area (TPSA) is 49.8 Å². The third kappa shape index (κ3) is 3.09. The van der Waals surface area contributed by atoms with Crippen molar-refractivity contribution in [3.63, 3.8) is 0 Å². The van der Waals surface area contributed by atoms with Gasteiger partial charge in [0.1, 0.15) is 6.61 Å². The highest BCUT2D eigenvalue weighted by Crippen LogP contribution is 2.21. The number of anilines is 1. The molecule has 1 unspecified atom stereocenters. The summed E-state index contributed by atoms with van der Waals surface area (Å²) < 4.78 is 5.47. The second-order valence-electron chi connectivity index (χ2n) is 4.64. The molecule has 0 aliphatic carbocycles. The molecule has 1 saturated heterocycles. The van der Waals surface area contributed by atoms with E-state index >= 15 is 0 Å². The number of carbonyl (C=O) groups is 1. The van der Waals surface area contributed by atoms with E-state index in [1.165, 1.54) is 0 Å². The summed E-state index contributed by atoms with van der Waals surface area (Å²) >= 11 is 0. The van der Waals surface area contributed by atoms with Crippen molar-refractivity contribution in [1.29, 1.82) is 0 Å². The second kappa shape index (κ2) is 5.98. The number of hydrogen-bond acceptors (Lipinski definition) is 3. The number of aliphatic hydroxyl groups is 1. The SMILES string of the molecule is Cc1cccc(N2CC(CCCO)OCC2=O)c1. The summed E-state index contributed by atoms with van der Waals surface area (Å²) in [7, 11) is 0. The third-order valence-electron chi connectivity index (χ3n) is 3.13. The van der Waals surface area contributed by atoms with Gasteiger partial charge in [0.05, 0.1) is 12.6 Å². The van der Waals surface area contributed by atoms with Gasteiger partial charge in [-0.3, -0.25) is 4.79 Å². The normalized spacial score (nSPS) is 20.2.